The van der Waals surface area contributed by atoms with E-state index in [-0.39, 0.29) is 6.03 Å². The van der Waals surface area contributed by atoms with Crippen LogP contribution in [-0.4, -0.2) is 22.0 Å². The van der Waals surface area contributed by atoms with Gasteiger partial charge in [0.2, 0.25) is 0 Å². The molecule has 1 aliphatic rings. The Morgan fingerprint density at radius 3 is 2.67 bits per heavy atom. The van der Waals surface area contributed by atoms with Crippen molar-refractivity contribution in [1.82, 2.24) is 9.88 Å². The van der Waals surface area contributed by atoms with Crippen LogP contribution in [0, 0.1) is 0 Å². The summed E-state index contributed by atoms with van der Waals surface area (Å²) in [6.45, 7) is 0.582. The Hall–Kier alpha value is -2.11. The predicted molar refractivity (Wildman–Crippen MR) is 98.7 cm³/mol. The Morgan fingerprint density at radius 2 is 1.96 bits per heavy atom. The highest BCUT2D eigenvalue weighted by molar-refractivity contribution is 7.22. The molecule has 0 unspecified atom stereocenters. The Balaban J connectivity index is 1.50. The third-order valence-electron chi connectivity index (χ3n) is 4.02. The number of hydrogen-bond donors (Lipinski definition) is 1. The van der Waals surface area contributed by atoms with Gasteiger partial charge in [0.15, 0.2) is 5.13 Å². The monoisotopic (exact) mass is 357 g/mol. The second-order valence-electron chi connectivity index (χ2n) is 5.90. The Morgan fingerprint density at radius 1 is 1.21 bits per heavy atom. The summed E-state index contributed by atoms with van der Waals surface area (Å²) >= 11 is 7.43. The number of para-hydroxylation sites is 1. The molecule has 24 heavy (non-hydrogen) atoms. The normalized spacial score (nSPS) is 13.9. The third-order valence-corrected chi connectivity index (χ3v) is 5.23. The van der Waals surface area contributed by atoms with Crippen LogP contribution in [0.25, 0.3) is 10.2 Å². The lowest BCUT2D eigenvalue weighted by Gasteiger charge is -2.22. The van der Waals surface area contributed by atoms with E-state index in [2.05, 4.69) is 10.3 Å². The first kappa shape index (κ1) is 15.4. The number of nitrogens with zero attached hydrogens (tertiary/aromatic N) is 2. The van der Waals surface area contributed by atoms with Gasteiger partial charge in [-0.2, -0.15) is 0 Å². The summed E-state index contributed by atoms with van der Waals surface area (Å²) in [4.78, 5) is 19.1. The van der Waals surface area contributed by atoms with Crippen LogP contribution in [0.15, 0.2) is 48.5 Å². The molecular weight excluding hydrogens is 342 g/mol. The second-order valence-corrected chi connectivity index (χ2v) is 7.37. The Kier molecular flexibility index (Phi) is 4.12. The molecule has 122 valence electrons. The zero-order valence-corrected chi connectivity index (χ0v) is 14.5. The molecular formula is C18H16ClN3OS. The van der Waals surface area contributed by atoms with Crippen molar-refractivity contribution >= 4 is 44.3 Å². The summed E-state index contributed by atoms with van der Waals surface area (Å²) in [5.74, 6) is 0. The largest absolute Gasteiger partial charge is 0.324 e. The molecule has 0 spiro atoms. The lowest BCUT2D eigenvalue weighted by atomic mass is 10.2. The van der Waals surface area contributed by atoms with Crippen LogP contribution in [-0.2, 0) is 6.54 Å². The summed E-state index contributed by atoms with van der Waals surface area (Å²) in [7, 11) is 0. The SMILES string of the molecule is O=C(Nc1nc2ccccc2s1)N(Cc1ccc(Cl)cc1)C1CC1. The highest BCUT2D eigenvalue weighted by atomic mass is 35.5. The van der Waals surface area contributed by atoms with Crippen LogP contribution in [0.5, 0.6) is 0 Å². The minimum absolute atomic E-state index is 0.0912. The number of rotatable bonds is 4. The smallest absolute Gasteiger partial charge is 0.317 e. The molecule has 1 heterocycles. The molecule has 0 aliphatic heterocycles. The van der Waals surface area contributed by atoms with Crippen LogP contribution in [0.2, 0.25) is 5.02 Å². The zero-order valence-electron chi connectivity index (χ0n) is 12.9. The number of aromatic nitrogens is 1. The molecule has 1 aromatic heterocycles. The first-order valence-corrected chi connectivity index (χ1v) is 9.06. The number of halogens is 1. The molecule has 0 bridgehead atoms. The maximum atomic E-state index is 12.7. The van der Waals surface area contributed by atoms with Gasteiger partial charge in [0.05, 0.1) is 10.2 Å². The van der Waals surface area contributed by atoms with Crippen molar-refractivity contribution in [3.63, 3.8) is 0 Å². The van der Waals surface area contributed by atoms with E-state index in [1.165, 1.54) is 11.3 Å². The summed E-state index contributed by atoms with van der Waals surface area (Å²) in [6.07, 6.45) is 2.11. The first-order valence-electron chi connectivity index (χ1n) is 7.87. The Bertz CT molecular complexity index is 840. The van der Waals surface area contributed by atoms with E-state index in [9.17, 15) is 4.79 Å². The fourth-order valence-electron chi connectivity index (χ4n) is 2.63. The van der Waals surface area contributed by atoms with Gasteiger partial charge in [0.25, 0.3) is 0 Å². The zero-order chi connectivity index (χ0) is 16.5. The number of benzene rings is 2. The highest BCUT2D eigenvalue weighted by Gasteiger charge is 2.33. The molecule has 4 rings (SSSR count). The maximum absolute atomic E-state index is 12.7. The van der Waals surface area contributed by atoms with E-state index >= 15 is 0 Å². The van der Waals surface area contributed by atoms with Crippen molar-refractivity contribution < 1.29 is 4.79 Å². The van der Waals surface area contributed by atoms with E-state index < -0.39 is 0 Å². The quantitative estimate of drug-likeness (QED) is 0.702. The van der Waals surface area contributed by atoms with E-state index in [0.717, 1.165) is 28.6 Å². The van der Waals surface area contributed by atoms with Crippen LogP contribution in [0.4, 0.5) is 9.93 Å². The van der Waals surface area contributed by atoms with Crippen molar-refractivity contribution in [3.8, 4) is 0 Å². The van der Waals surface area contributed by atoms with Crippen molar-refractivity contribution in [2.75, 3.05) is 5.32 Å². The molecule has 1 N–H and O–H groups in total. The number of carbonyl (C=O) groups excluding carboxylic acids is 1. The average Bonchev–Trinajstić information content (AvgIpc) is 3.33. The Labute approximate surface area is 149 Å². The number of nitrogens with one attached hydrogen (secondary N) is 1. The van der Waals surface area contributed by atoms with E-state index in [1.807, 2.05) is 53.4 Å². The fourth-order valence-corrected chi connectivity index (χ4v) is 3.61. The van der Waals surface area contributed by atoms with Gasteiger partial charge in [-0.3, -0.25) is 5.32 Å². The number of urea groups is 1. The summed E-state index contributed by atoms with van der Waals surface area (Å²) < 4.78 is 1.07. The minimum Gasteiger partial charge on any atom is -0.317 e. The molecule has 0 atom stereocenters. The van der Waals surface area contributed by atoms with Crippen LogP contribution >= 0.6 is 22.9 Å². The van der Waals surface area contributed by atoms with Gasteiger partial charge in [0.1, 0.15) is 0 Å². The van der Waals surface area contributed by atoms with Crippen LogP contribution < -0.4 is 5.32 Å². The number of hydrogen-bond acceptors (Lipinski definition) is 3. The van der Waals surface area contributed by atoms with Crippen molar-refractivity contribution in [2.24, 2.45) is 0 Å². The molecule has 6 heteroatoms. The van der Waals surface area contributed by atoms with Gasteiger partial charge in [-0.15, -0.1) is 0 Å². The lowest BCUT2D eigenvalue weighted by molar-refractivity contribution is 0.206. The van der Waals surface area contributed by atoms with Crippen LogP contribution in [0.3, 0.4) is 0 Å². The highest BCUT2D eigenvalue weighted by Crippen LogP contribution is 2.30. The van der Waals surface area contributed by atoms with Gasteiger partial charge < -0.3 is 4.90 Å². The van der Waals surface area contributed by atoms with E-state index in [1.54, 1.807) is 0 Å². The molecule has 2 amide bonds. The molecule has 3 aromatic rings. The van der Waals surface area contributed by atoms with Crippen molar-refractivity contribution in [2.45, 2.75) is 25.4 Å². The number of fused-ring (bicyclic) bond motifs is 1. The van der Waals surface area contributed by atoms with Crippen molar-refractivity contribution in [1.29, 1.82) is 0 Å². The standard InChI is InChI=1S/C18H16ClN3OS/c19-13-7-5-12(6-8-13)11-22(14-9-10-14)18(23)21-17-20-15-3-1-2-4-16(15)24-17/h1-8,14H,9-11H2,(H,20,21,23). The second kappa shape index (κ2) is 6.42. The molecule has 4 nitrogen and oxygen atoms in total. The van der Waals surface area contributed by atoms with Gasteiger partial charge in [-0.25, -0.2) is 9.78 Å². The number of anilines is 1. The van der Waals surface area contributed by atoms with Gasteiger partial charge in [-0.05, 0) is 42.7 Å². The van der Waals surface area contributed by atoms with Gasteiger partial charge in [-0.1, -0.05) is 47.2 Å². The van der Waals surface area contributed by atoms with Gasteiger partial charge >= 0.3 is 6.03 Å². The van der Waals surface area contributed by atoms with E-state index in [0.29, 0.717) is 22.7 Å². The predicted octanol–water partition coefficient (Wildman–Crippen LogP) is 5.15. The molecule has 1 aliphatic carbocycles. The maximum Gasteiger partial charge on any atom is 0.324 e. The fraction of sp³-hybridized carbons (Fsp3) is 0.222. The van der Waals surface area contributed by atoms with Gasteiger partial charge in [0, 0.05) is 17.6 Å². The van der Waals surface area contributed by atoms with E-state index in [4.69, 9.17) is 11.6 Å². The molecule has 0 saturated heterocycles. The minimum atomic E-state index is -0.0912. The first-order chi connectivity index (χ1) is 11.7. The lowest BCUT2D eigenvalue weighted by Crippen LogP contribution is -2.36. The molecule has 1 saturated carbocycles. The molecule has 2 aromatic carbocycles. The molecule has 0 radical (unpaired) electrons. The molecule has 1 fully saturated rings. The number of carbonyl (C=O) groups is 1. The van der Waals surface area contributed by atoms with Crippen LogP contribution in [0.1, 0.15) is 18.4 Å². The summed E-state index contributed by atoms with van der Waals surface area (Å²) in [5.41, 5.74) is 1.99. The number of thiazole rings is 1. The third kappa shape index (κ3) is 3.37. The summed E-state index contributed by atoms with van der Waals surface area (Å²) in [6, 6.07) is 15.7. The topological polar surface area (TPSA) is 45.2 Å². The summed E-state index contributed by atoms with van der Waals surface area (Å²) in [5, 5.41) is 4.30. The average molecular weight is 358 g/mol. The van der Waals surface area contributed by atoms with Crippen molar-refractivity contribution in [3.05, 3.63) is 59.1 Å². The number of amides is 2.